The fraction of sp³-hybridized carbons (Fsp3) is 0.190. The molecule has 2 heterocycles. The number of nitrogens with one attached hydrogen (secondary N) is 2. The summed E-state index contributed by atoms with van der Waals surface area (Å²) < 4.78 is 1.54. The predicted octanol–water partition coefficient (Wildman–Crippen LogP) is 3.37. The highest BCUT2D eigenvalue weighted by Gasteiger charge is 2.16. The third kappa shape index (κ3) is 5.04. The van der Waals surface area contributed by atoms with E-state index in [2.05, 4.69) is 15.6 Å². The molecule has 1 atom stereocenters. The van der Waals surface area contributed by atoms with Crippen LogP contribution in [0.4, 0.5) is 10.5 Å². The summed E-state index contributed by atoms with van der Waals surface area (Å²) in [6, 6.07) is 18.0. The number of hydrogen-bond acceptors (Lipinski definition) is 3. The van der Waals surface area contributed by atoms with Crippen LogP contribution in [-0.4, -0.2) is 15.6 Å². The van der Waals surface area contributed by atoms with Crippen molar-refractivity contribution in [1.29, 1.82) is 0 Å². The monoisotopic (exact) mass is 362 g/mol. The average molecular weight is 362 g/mol. The zero-order valence-corrected chi connectivity index (χ0v) is 15.1. The highest BCUT2D eigenvalue weighted by Crippen LogP contribution is 2.17. The Balaban J connectivity index is 1.75. The van der Waals surface area contributed by atoms with Crippen molar-refractivity contribution in [3.05, 3.63) is 94.7 Å². The molecule has 2 aromatic heterocycles. The van der Waals surface area contributed by atoms with Gasteiger partial charge in [-0.25, -0.2) is 4.79 Å². The summed E-state index contributed by atoms with van der Waals surface area (Å²) in [5.41, 5.74) is 2.36. The maximum Gasteiger partial charge on any atom is 0.319 e. The van der Waals surface area contributed by atoms with E-state index in [1.54, 1.807) is 18.5 Å². The second-order valence-corrected chi connectivity index (χ2v) is 6.13. The van der Waals surface area contributed by atoms with Gasteiger partial charge in [0.15, 0.2) is 0 Å². The number of aromatic nitrogens is 2. The molecule has 1 aromatic carbocycles. The number of anilines is 1. The van der Waals surface area contributed by atoms with Gasteiger partial charge >= 0.3 is 6.03 Å². The van der Waals surface area contributed by atoms with Crippen molar-refractivity contribution < 1.29 is 4.79 Å². The second-order valence-electron chi connectivity index (χ2n) is 6.13. The van der Waals surface area contributed by atoms with Crippen molar-refractivity contribution in [2.75, 3.05) is 5.32 Å². The number of rotatable bonds is 6. The average Bonchev–Trinajstić information content (AvgIpc) is 2.70. The number of urea groups is 1. The Morgan fingerprint density at radius 3 is 2.56 bits per heavy atom. The molecule has 3 aromatic rings. The molecule has 6 nitrogen and oxygen atoms in total. The van der Waals surface area contributed by atoms with E-state index in [0.717, 1.165) is 11.3 Å². The van der Waals surface area contributed by atoms with Gasteiger partial charge in [-0.15, -0.1) is 0 Å². The first kappa shape index (κ1) is 18.4. The molecule has 0 spiro atoms. The van der Waals surface area contributed by atoms with Crippen molar-refractivity contribution in [1.82, 2.24) is 14.9 Å². The molecule has 27 heavy (non-hydrogen) atoms. The maximum atomic E-state index is 12.5. The Bertz CT molecular complexity index is 939. The van der Waals surface area contributed by atoms with Crippen LogP contribution in [-0.2, 0) is 13.0 Å². The summed E-state index contributed by atoms with van der Waals surface area (Å²) in [6.45, 7) is 2.42. The molecule has 0 bridgehead atoms. The minimum absolute atomic E-state index is 0.0965. The van der Waals surface area contributed by atoms with Crippen LogP contribution in [0.15, 0.2) is 77.9 Å². The number of benzene rings is 1. The minimum atomic E-state index is -0.332. The highest BCUT2D eigenvalue weighted by atomic mass is 16.2. The van der Waals surface area contributed by atoms with Gasteiger partial charge in [-0.05, 0) is 30.7 Å². The number of carbonyl (C=O) groups excluding carboxylic acids is 1. The zero-order valence-electron chi connectivity index (χ0n) is 15.1. The van der Waals surface area contributed by atoms with Crippen molar-refractivity contribution in [2.24, 2.45) is 0 Å². The summed E-state index contributed by atoms with van der Waals surface area (Å²) in [5, 5.41) is 5.80. The first-order valence-corrected chi connectivity index (χ1v) is 8.88. The van der Waals surface area contributed by atoms with Crippen LogP contribution in [0.3, 0.4) is 0 Å². The SMILES string of the molecule is CCn1cc(NC(=O)NC(Cc2ccccn2)c2ccccc2)ccc1=O. The van der Waals surface area contributed by atoms with E-state index in [0.29, 0.717) is 18.7 Å². The molecule has 0 saturated heterocycles. The molecule has 0 radical (unpaired) electrons. The van der Waals surface area contributed by atoms with Crippen LogP contribution in [0.2, 0.25) is 0 Å². The van der Waals surface area contributed by atoms with Crippen LogP contribution in [0, 0.1) is 0 Å². The summed E-state index contributed by atoms with van der Waals surface area (Å²) in [6.07, 6.45) is 3.95. The second kappa shape index (κ2) is 8.80. The van der Waals surface area contributed by atoms with Crippen molar-refractivity contribution >= 4 is 11.7 Å². The van der Waals surface area contributed by atoms with Crippen LogP contribution in [0.5, 0.6) is 0 Å². The lowest BCUT2D eigenvalue weighted by atomic mass is 10.0. The van der Waals surface area contributed by atoms with E-state index >= 15 is 0 Å². The number of amides is 2. The van der Waals surface area contributed by atoms with Gasteiger partial charge in [-0.2, -0.15) is 0 Å². The number of nitrogens with zero attached hydrogens (tertiary/aromatic N) is 2. The van der Waals surface area contributed by atoms with E-state index in [1.165, 1.54) is 10.6 Å². The summed E-state index contributed by atoms with van der Waals surface area (Å²) in [5.74, 6) is 0. The molecule has 1 unspecified atom stereocenters. The quantitative estimate of drug-likeness (QED) is 0.706. The standard InChI is InChI=1S/C21H22N4O2/c1-2-25-15-18(11-12-20(25)26)23-21(27)24-19(16-8-4-3-5-9-16)14-17-10-6-7-13-22-17/h3-13,15,19H,2,14H2,1H3,(H2,23,24,27). The van der Waals surface area contributed by atoms with Gasteiger partial charge in [0.05, 0.1) is 11.7 Å². The molecule has 138 valence electrons. The molecule has 2 N–H and O–H groups in total. The highest BCUT2D eigenvalue weighted by molar-refractivity contribution is 5.89. The Kier molecular flexibility index (Phi) is 5.99. The first-order chi connectivity index (χ1) is 13.2. The fourth-order valence-electron chi connectivity index (χ4n) is 2.84. The van der Waals surface area contributed by atoms with E-state index in [4.69, 9.17) is 0 Å². The van der Waals surface area contributed by atoms with Gasteiger partial charge in [-0.1, -0.05) is 36.4 Å². The Hall–Kier alpha value is -3.41. The van der Waals surface area contributed by atoms with E-state index in [9.17, 15) is 9.59 Å². The predicted molar refractivity (Wildman–Crippen MR) is 106 cm³/mol. The van der Waals surface area contributed by atoms with Crippen molar-refractivity contribution in [2.45, 2.75) is 25.9 Å². The zero-order chi connectivity index (χ0) is 19.1. The summed E-state index contributed by atoms with van der Waals surface area (Å²) >= 11 is 0. The lowest BCUT2D eigenvalue weighted by Gasteiger charge is -2.19. The first-order valence-electron chi connectivity index (χ1n) is 8.88. The van der Waals surface area contributed by atoms with Gasteiger partial charge < -0.3 is 15.2 Å². The van der Waals surface area contributed by atoms with Gasteiger partial charge in [0.1, 0.15) is 0 Å². The van der Waals surface area contributed by atoms with E-state index < -0.39 is 0 Å². The van der Waals surface area contributed by atoms with Crippen molar-refractivity contribution in [3.63, 3.8) is 0 Å². The Morgan fingerprint density at radius 1 is 1.07 bits per heavy atom. The molecule has 2 amide bonds. The molecule has 0 saturated carbocycles. The Morgan fingerprint density at radius 2 is 1.85 bits per heavy atom. The normalized spacial score (nSPS) is 11.6. The molecule has 6 heteroatoms. The third-order valence-electron chi connectivity index (χ3n) is 4.23. The smallest absolute Gasteiger partial charge is 0.319 e. The minimum Gasteiger partial charge on any atom is -0.331 e. The van der Waals surface area contributed by atoms with Gasteiger partial charge in [0, 0.05) is 37.1 Å². The molecular weight excluding hydrogens is 340 g/mol. The molecule has 0 aliphatic carbocycles. The maximum absolute atomic E-state index is 12.5. The van der Waals surface area contributed by atoms with Crippen LogP contribution >= 0.6 is 0 Å². The lowest BCUT2D eigenvalue weighted by Crippen LogP contribution is -2.34. The van der Waals surface area contributed by atoms with E-state index in [-0.39, 0.29) is 17.6 Å². The molecule has 3 rings (SSSR count). The van der Waals surface area contributed by atoms with Crippen LogP contribution in [0.25, 0.3) is 0 Å². The van der Waals surface area contributed by atoms with Crippen LogP contribution in [0.1, 0.15) is 24.2 Å². The molecule has 0 fully saturated rings. The lowest BCUT2D eigenvalue weighted by molar-refractivity contribution is 0.248. The largest absolute Gasteiger partial charge is 0.331 e. The summed E-state index contributed by atoms with van der Waals surface area (Å²) in [4.78, 5) is 28.6. The number of pyridine rings is 2. The van der Waals surface area contributed by atoms with Gasteiger partial charge in [0.2, 0.25) is 0 Å². The molecular formula is C21H22N4O2. The number of carbonyl (C=O) groups is 1. The number of hydrogen-bond donors (Lipinski definition) is 2. The number of aryl methyl sites for hydroxylation is 1. The molecule has 0 aliphatic heterocycles. The van der Waals surface area contributed by atoms with Gasteiger partial charge in [0.25, 0.3) is 5.56 Å². The molecule has 0 aliphatic rings. The topological polar surface area (TPSA) is 76.0 Å². The van der Waals surface area contributed by atoms with Crippen LogP contribution < -0.4 is 16.2 Å². The van der Waals surface area contributed by atoms with E-state index in [1.807, 2.05) is 55.5 Å². The third-order valence-corrected chi connectivity index (χ3v) is 4.23. The van der Waals surface area contributed by atoms with Gasteiger partial charge in [-0.3, -0.25) is 9.78 Å². The fourth-order valence-corrected chi connectivity index (χ4v) is 2.84. The summed E-state index contributed by atoms with van der Waals surface area (Å²) in [7, 11) is 0. The van der Waals surface area contributed by atoms with Crippen molar-refractivity contribution in [3.8, 4) is 0 Å². The Labute approximate surface area is 157 Å².